The van der Waals surface area contributed by atoms with Crippen LogP contribution in [0.15, 0.2) is 48.5 Å². The van der Waals surface area contributed by atoms with Gasteiger partial charge in [-0.1, -0.05) is 24.3 Å². The van der Waals surface area contributed by atoms with Crippen molar-refractivity contribution < 1.29 is 14.3 Å². The average molecular weight is 285 g/mol. The van der Waals surface area contributed by atoms with Gasteiger partial charge in [-0.3, -0.25) is 0 Å². The predicted molar refractivity (Wildman–Crippen MR) is 82.3 cm³/mol. The van der Waals surface area contributed by atoms with Gasteiger partial charge in [0.05, 0.1) is 5.69 Å². The Morgan fingerprint density at radius 1 is 1.14 bits per heavy atom. The van der Waals surface area contributed by atoms with Gasteiger partial charge in [0.1, 0.15) is 5.82 Å². The zero-order valence-electron chi connectivity index (χ0n) is 11.9. The van der Waals surface area contributed by atoms with Crippen molar-refractivity contribution in [3.63, 3.8) is 0 Å². The Hall–Kier alpha value is -2.62. The summed E-state index contributed by atoms with van der Waals surface area (Å²) in [5.74, 6) is -1.56. The number of halogens is 1. The van der Waals surface area contributed by atoms with Crippen molar-refractivity contribution in [2.24, 2.45) is 0 Å². The highest BCUT2D eigenvalue weighted by molar-refractivity contribution is 5.87. The molecule has 3 nitrogen and oxygen atoms in total. The average Bonchev–Trinajstić information content (AvgIpc) is 2.45. The van der Waals surface area contributed by atoms with E-state index in [1.165, 1.54) is 12.1 Å². The monoisotopic (exact) mass is 285 g/mol. The van der Waals surface area contributed by atoms with E-state index in [0.29, 0.717) is 5.69 Å². The van der Waals surface area contributed by atoms with Crippen LogP contribution in [0.1, 0.15) is 11.1 Å². The molecule has 0 aliphatic carbocycles. The molecule has 0 bridgehead atoms. The van der Waals surface area contributed by atoms with Crippen LogP contribution in [0.25, 0.3) is 6.08 Å². The van der Waals surface area contributed by atoms with Gasteiger partial charge < -0.3 is 10.0 Å². The Bertz CT molecular complexity index is 695. The minimum Gasteiger partial charge on any atom is -0.478 e. The predicted octanol–water partition coefficient (Wildman–Crippen LogP) is 4.00. The number of anilines is 2. The molecule has 0 aliphatic heterocycles. The van der Waals surface area contributed by atoms with Gasteiger partial charge in [-0.15, -0.1) is 0 Å². The summed E-state index contributed by atoms with van der Waals surface area (Å²) < 4.78 is 14.0. The first kappa shape index (κ1) is 14.8. The number of benzene rings is 2. The van der Waals surface area contributed by atoms with Gasteiger partial charge in [0, 0.05) is 24.4 Å². The molecule has 108 valence electrons. The van der Waals surface area contributed by atoms with Gasteiger partial charge in [0.25, 0.3) is 0 Å². The summed E-state index contributed by atoms with van der Waals surface area (Å²) in [7, 11) is 1.83. The van der Waals surface area contributed by atoms with Crippen molar-refractivity contribution in [2.45, 2.75) is 6.92 Å². The molecule has 0 saturated carbocycles. The molecule has 0 saturated heterocycles. The summed E-state index contributed by atoms with van der Waals surface area (Å²) in [6.07, 6.45) is 2.22. The first-order chi connectivity index (χ1) is 10.0. The van der Waals surface area contributed by atoms with E-state index in [9.17, 15) is 9.18 Å². The molecule has 0 spiro atoms. The third kappa shape index (κ3) is 3.28. The van der Waals surface area contributed by atoms with Crippen LogP contribution >= 0.6 is 0 Å². The fourth-order valence-corrected chi connectivity index (χ4v) is 2.21. The Morgan fingerprint density at radius 2 is 1.81 bits per heavy atom. The number of carboxylic acids is 1. The summed E-state index contributed by atoms with van der Waals surface area (Å²) in [6.45, 7) is 1.97. The lowest BCUT2D eigenvalue weighted by Gasteiger charge is -2.23. The molecule has 0 amide bonds. The molecule has 4 heteroatoms. The molecule has 0 aromatic heterocycles. The number of aliphatic carboxylic acids is 1. The van der Waals surface area contributed by atoms with Crippen molar-refractivity contribution in [3.8, 4) is 0 Å². The standard InChI is InChI=1S/C17H16FNO2/c1-12-6-3-4-8-15(12)19(2)16-9-5-7-14(18)13(16)10-11-17(20)21/h3-11H,1-2H3,(H,20,21)/b11-10+. The van der Waals surface area contributed by atoms with Gasteiger partial charge in [0.2, 0.25) is 0 Å². The van der Waals surface area contributed by atoms with Crippen LogP contribution in [0, 0.1) is 12.7 Å². The zero-order valence-corrected chi connectivity index (χ0v) is 11.9. The molecular formula is C17H16FNO2. The Kier molecular flexibility index (Phi) is 4.38. The van der Waals surface area contributed by atoms with E-state index in [1.54, 1.807) is 12.1 Å². The molecule has 0 atom stereocenters. The molecule has 2 rings (SSSR count). The zero-order chi connectivity index (χ0) is 15.4. The van der Waals surface area contributed by atoms with Gasteiger partial charge in [-0.25, -0.2) is 9.18 Å². The fraction of sp³-hybridized carbons (Fsp3) is 0.118. The molecule has 0 unspecified atom stereocenters. The molecule has 2 aromatic carbocycles. The van der Waals surface area contributed by atoms with Gasteiger partial charge in [-0.2, -0.15) is 0 Å². The van der Waals surface area contributed by atoms with Crippen LogP contribution in [-0.4, -0.2) is 18.1 Å². The number of para-hydroxylation sites is 1. The minimum atomic E-state index is -1.11. The molecule has 0 fully saturated rings. The van der Waals surface area contributed by atoms with E-state index in [1.807, 2.05) is 43.1 Å². The van der Waals surface area contributed by atoms with Crippen LogP contribution < -0.4 is 4.90 Å². The number of rotatable bonds is 4. The largest absolute Gasteiger partial charge is 0.478 e. The van der Waals surface area contributed by atoms with E-state index in [2.05, 4.69) is 0 Å². The molecule has 0 aliphatic rings. The quantitative estimate of drug-likeness (QED) is 0.863. The highest BCUT2D eigenvalue weighted by atomic mass is 19.1. The van der Waals surface area contributed by atoms with E-state index >= 15 is 0 Å². The van der Waals surface area contributed by atoms with Crippen LogP contribution in [0.3, 0.4) is 0 Å². The van der Waals surface area contributed by atoms with E-state index in [0.717, 1.165) is 17.3 Å². The maximum atomic E-state index is 14.0. The highest BCUT2D eigenvalue weighted by Crippen LogP contribution is 2.31. The van der Waals surface area contributed by atoms with Crippen molar-refractivity contribution in [3.05, 3.63) is 65.5 Å². The van der Waals surface area contributed by atoms with Crippen molar-refractivity contribution in [2.75, 3.05) is 11.9 Å². The molecular weight excluding hydrogens is 269 g/mol. The fourth-order valence-electron chi connectivity index (χ4n) is 2.21. The third-order valence-electron chi connectivity index (χ3n) is 3.26. The summed E-state index contributed by atoms with van der Waals surface area (Å²) in [5.41, 5.74) is 2.86. The first-order valence-corrected chi connectivity index (χ1v) is 6.49. The summed E-state index contributed by atoms with van der Waals surface area (Å²) in [4.78, 5) is 12.5. The van der Waals surface area contributed by atoms with E-state index in [-0.39, 0.29) is 5.56 Å². The molecule has 2 aromatic rings. The molecule has 0 heterocycles. The number of carbonyl (C=O) groups is 1. The Morgan fingerprint density at radius 3 is 2.48 bits per heavy atom. The van der Waals surface area contributed by atoms with E-state index in [4.69, 9.17) is 5.11 Å². The maximum Gasteiger partial charge on any atom is 0.328 e. The highest BCUT2D eigenvalue weighted by Gasteiger charge is 2.12. The van der Waals surface area contributed by atoms with Crippen molar-refractivity contribution in [1.82, 2.24) is 0 Å². The van der Waals surface area contributed by atoms with Gasteiger partial charge >= 0.3 is 5.97 Å². The van der Waals surface area contributed by atoms with Crippen LogP contribution in [-0.2, 0) is 4.79 Å². The SMILES string of the molecule is Cc1ccccc1N(C)c1cccc(F)c1/C=C/C(=O)O. The molecule has 21 heavy (non-hydrogen) atoms. The number of aryl methyl sites for hydroxylation is 1. The number of carboxylic acid groups (broad SMARTS) is 1. The van der Waals surface area contributed by atoms with Crippen LogP contribution in [0.4, 0.5) is 15.8 Å². The van der Waals surface area contributed by atoms with Crippen molar-refractivity contribution >= 4 is 23.4 Å². The normalized spacial score (nSPS) is 10.8. The first-order valence-electron chi connectivity index (χ1n) is 6.49. The second kappa shape index (κ2) is 6.22. The lowest BCUT2D eigenvalue weighted by molar-refractivity contribution is -0.131. The number of hydrogen-bond acceptors (Lipinski definition) is 2. The Labute approximate surface area is 123 Å². The third-order valence-corrected chi connectivity index (χ3v) is 3.26. The molecule has 0 radical (unpaired) electrons. The number of nitrogens with zero attached hydrogens (tertiary/aromatic N) is 1. The van der Waals surface area contributed by atoms with Gasteiger partial charge in [-0.05, 0) is 36.8 Å². The van der Waals surface area contributed by atoms with Crippen molar-refractivity contribution in [1.29, 1.82) is 0 Å². The summed E-state index contributed by atoms with van der Waals surface area (Å²) in [6, 6.07) is 12.4. The van der Waals surface area contributed by atoms with Crippen LogP contribution in [0.2, 0.25) is 0 Å². The second-order valence-electron chi connectivity index (χ2n) is 4.69. The number of hydrogen-bond donors (Lipinski definition) is 1. The Balaban J connectivity index is 2.51. The molecule has 1 N–H and O–H groups in total. The maximum absolute atomic E-state index is 14.0. The topological polar surface area (TPSA) is 40.5 Å². The van der Waals surface area contributed by atoms with E-state index < -0.39 is 11.8 Å². The second-order valence-corrected chi connectivity index (χ2v) is 4.69. The smallest absolute Gasteiger partial charge is 0.328 e. The lowest BCUT2D eigenvalue weighted by atomic mass is 10.1. The van der Waals surface area contributed by atoms with Crippen LogP contribution in [0.5, 0.6) is 0 Å². The summed E-state index contributed by atoms with van der Waals surface area (Å²) >= 11 is 0. The summed E-state index contributed by atoms with van der Waals surface area (Å²) in [5, 5.41) is 8.73. The minimum absolute atomic E-state index is 0.255. The van der Waals surface area contributed by atoms with Gasteiger partial charge in [0.15, 0.2) is 0 Å². The lowest BCUT2D eigenvalue weighted by Crippen LogP contribution is -2.12.